The van der Waals surface area contributed by atoms with Gasteiger partial charge in [0.2, 0.25) is 5.91 Å². The van der Waals surface area contributed by atoms with E-state index < -0.39 is 0 Å². The number of hydrogen-bond donors (Lipinski definition) is 1. The van der Waals surface area contributed by atoms with Crippen LogP contribution in [0.15, 0.2) is 48.5 Å². The van der Waals surface area contributed by atoms with Gasteiger partial charge in [-0.2, -0.15) is 0 Å². The number of amides is 1. The van der Waals surface area contributed by atoms with Crippen LogP contribution in [0.1, 0.15) is 30.5 Å². The van der Waals surface area contributed by atoms with Gasteiger partial charge in [-0.15, -0.1) is 0 Å². The Balaban J connectivity index is 1.65. The molecule has 1 heterocycles. The molecule has 27 heavy (non-hydrogen) atoms. The number of nitrogens with zero attached hydrogens (tertiary/aromatic N) is 2. The Labute approximate surface area is 161 Å². The third-order valence-electron chi connectivity index (χ3n) is 5.16. The highest BCUT2D eigenvalue weighted by Gasteiger charge is 2.21. The van der Waals surface area contributed by atoms with Gasteiger partial charge in [-0.25, -0.2) is 4.39 Å². The van der Waals surface area contributed by atoms with Crippen molar-refractivity contribution < 1.29 is 9.18 Å². The standard InChI is InChI=1S/C22H28FN3O/c1-17(24-22(27)11-8-18-6-4-3-5-7-18)20-16-19(23)9-10-21(20)26-14-12-25(2)13-15-26/h3-7,9-10,16-17H,8,11-15H2,1-2H3,(H,24,27). The molecule has 3 rings (SSSR count). The molecular weight excluding hydrogens is 341 g/mol. The maximum Gasteiger partial charge on any atom is 0.220 e. The van der Waals surface area contributed by atoms with Gasteiger partial charge in [-0.3, -0.25) is 4.79 Å². The smallest absolute Gasteiger partial charge is 0.220 e. The number of likely N-dealkylation sites (N-methyl/N-ethyl adjacent to an activating group) is 1. The molecule has 4 nitrogen and oxygen atoms in total. The summed E-state index contributed by atoms with van der Waals surface area (Å²) in [6.07, 6.45) is 1.13. The second kappa shape index (κ2) is 9.00. The minimum Gasteiger partial charge on any atom is -0.369 e. The van der Waals surface area contributed by atoms with Gasteiger partial charge in [0, 0.05) is 43.9 Å². The molecule has 2 aromatic carbocycles. The van der Waals surface area contributed by atoms with Crippen molar-refractivity contribution in [2.75, 3.05) is 38.1 Å². The summed E-state index contributed by atoms with van der Waals surface area (Å²) in [5.41, 5.74) is 3.00. The van der Waals surface area contributed by atoms with E-state index in [1.54, 1.807) is 6.07 Å². The van der Waals surface area contributed by atoms with Crippen LogP contribution in [0.25, 0.3) is 0 Å². The van der Waals surface area contributed by atoms with Crippen LogP contribution in [0.2, 0.25) is 0 Å². The second-order valence-electron chi connectivity index (χ2n) is 7.27. The molecule has 1 unspecified atom stereocenters. The van der Waals surface area contributed by atoms with Gasteiger partial charge in [0.1, 0.15) is 5.82 Å². The molecule has 0 saturated carbocycles. The van der Waals surface area contributed by atoms with Gasteiger partial charge in [0.25, 0.3) is 0 Å². The van der Waals surface area contributed by atoms with E-state index in [4.69, 9.17) is 0 Å². The number of anilines is 1. The van der Waals surface area contributed by atoms with E-state index in [2.05, 4.69) is 22.2 Å². The normalized spacial score (nSPS) is 16.2. The third kappa shape index (κ3) is 5.30. The van der Waals surface area contributed by atoms with Crippen LogP contribution in [0, 0.1) is 5.82 Å². The predicted octanol–water partition coefficient (Wildman–Crippen LogP) is 3.39. The average molecular weight is 369 g/mol. The molecule has 144 valence electrons. The van der Waals surface area contributed by atoms with Gasteiger partial charge < -0.3 is 15.1 Å². The monoisotopic (exact) mass is 369 g/mol. The largest absolute Gasteiger partial charge is 0.369 e. The molecule has 1 saturated heterocycles. The molecule has 1 aliphatic rings. The Morgan fingerprint density at radius 1 is 1.11 bits per heavy atom. The fraction of sp³-hybridized carbons (Fsp3) is 0.409. The highest BCUT2D eigenvalue weighted by molar-refractivity contribution is 5.77. The van der Waals surface area contributed by atoms with Crippen molar-refractivity contribution >= 4 is 11.6 Å². The molecule has 0 bridgehead atoms. The number of carbonyl (C=O) groups excluding carboxylic acids is 1. The van der Waals surface area contributed by atoms with Crippen molar-refractivity contribution in [3.8, 4) is 0 Å². The van der Waals surface area contributed by atoms with Gasteiger partial charge in [-0.05, 0) is 44.2 Å². The zero-order valence-electron chi connectivity index (χ0n) is 16.1. The number of rotatable bonds is 6. The number of halogens is 1. The van der Waals surface area contributed by atoms with Crippen LogP contribution in [0.5, 0.6) is 0 Å². The fourth-order valence-electron chi connectivity index (χ4n) is 3.50. The topological polar surface area (TPSA) is 35.6 Å². The van der Waals surface area contributed by atoms with E-state index in [9.17, 15) is 9.18 Å². The van der Waals surface area contributed by atoms with Gasteiger partial charge >= 0.3 is 0 Å². The Morgan fingerprint density at radius 2 is 1.81 bits per heavy atom. The molecule has 5 heteroatoms. The summed E-state index contributed by atoms with van der Waals surface area (Å²) in [7, 11) is 2.11. The van der Waals surface area contributed by atoms with Crippen LogP contribution in [0.4, 0.5) is 10.1 Å². The maximum atomic E-state index is 13.9. The zero-order chi connectivity index (χ0) is 19.2. The van der Waals surface area contributed by atoms with E-state index in [0.717, 1.165) is 43.0 Å². The first-order chi connectivity index (χ1) is 13.0. The molecule has 2 aromatic rings. The van der Waals surface area contributed by atoms with Crippen molar-refractivity contribution in [1.29, 1.82) is 0 Å². The molecule has 1 aliphatic heterocycles. The molecule has 1 atom stereocenters. The van der Waals surface area contributed by atoms with Crippen molar-refractivity contribution in [3.63, 3.8) is 0 Å². The molecule has 0 radical (unpaired) electrons. The van der Waals surface area contributed by atoms with Crippen molar-refractivity contribution in [1.82, 2.24) is 10.2 Å². The van der Waals surface area contributed by atoms with Crippen LogP contribution >= 0.6 is 0 Å². The lowest BCUT2D eigenvalue weighted by Crippen LogP contribution is -2.45. The molecule has 1 fully saturated rings. The lowest BCUT2D eigenvalue weighted by atomic mass is 10.0. The van der Waals surface area contributed by atoms with E-state index in [1.807, 2.05) is 43.3 Å². The quantitative estimate of drug-likeness (QED) is 0.848. The number of nitrogens with one attached hydrogen (secondary N) is 1. The first-order valence-corrected chi connectivity index (χ1v) is 9.59. The summed E-state index contributed by atoms with van der Waals surface area (Å²) in [4.78, 5) is 17.0. The number of aryl methyl sites for hydroxylation is 1. The summed E-state index contributed by atoms with van der Waals surface area (Å²) in [5.74, 6) is -0.284. The highest BCUT2D eigenvalue weighted by Crippen LogP contribution is 2.28. The minimum atomic E-state index is -0.270. The molecule has 0 aromatic heterocycles. The van der Waals surface area contributed by atoms with E-state index in [-0.39, 0.29) is 17.8 Å². The van der Waals surface area contributed by atoms with Gasteiger partial charge in [0.15, 0.2) is 0 Å². The Hall–Kier alpha value is -2.40. The number of carbonyl (C=O) groups is 1. The molecule has 0 aliphatic carbocycles. The van der Waals surface area contributed by atoms with Crippen LogP contribution in [-0.4, -0.2) is 44.0 Å². The molecule has 0 spiro atoms. The lowest BCUT2D eigenvalue weighted by Gasteiger charge is -2.36. The lowest BCUT2D eigenvalue weighted by molar-refractivity contribution is -0.121. The van der Waals surface area contributed by atoms with Gasteiger partial charge in [0.05, 0.1) is 6.04 Å². The minimum absolute atomic E-state index is 0.0139. The van der Waals surface area contributed by atoms with Gasteiger partial charge in [-0.1, -0.05) is 30.3 Å². The zero-order valence-corrected chi connectivity index (χ0v) is 16.1. The van der Waals surface area contributed by atoms with Crippen molar-refractivity contribution in [3.05, 3.63) is 65.5 Å². The summed E-state index contributed by atoms with van der Waals surface area (Å²) >= 11 is 0. The number of hydrogen-bond acceptors (Lipinski definition) is 3. The molecular formula is C22H28FN3O. The first kappa shape index (κ1) is 19.4. The summed E-state index contributed by atoms with van der Waals surface area (Å²) < 4.78 is 13.9. The van der Waals surface area contributed by atoms with Crippen molar-refractivity contribution in [2.24, 2.45) is 0 Å². The summed E-state index contributed by atoms with van der Waals surface area (Å²) in [6, 6.07) is 14.6. The molecule has 1 amide bonds. The average Bonchev–Trinajstić information content (AvgIpc) is 2.68. The van der Waals surface area contributed by atoms with Crippen LogP contribution < -0.4 is 10.2 Å². The highest BCUT2D eigenvalue weighted by atomic mass is 19.1. The predicted molar refractivity (Wildman–Crippen MR) is 107 cm³/mol. The van der Waals surface area contributed by atoms with E-state index >= 15 is 0 Å². The Bertz CT molecular complexity index is 757. The summed E-state index contributed by atoms with van der Waals surface area (Å²) in [6.45, 7) is 5.70. The van der Waals surface area contributed by atoms with E-state index in [0.29, 0.717) is 12.8 Å². The number of benzene rings is 2. The van der Waals surface area contributed by atoms with Crippen molar-refractivity contribution in [2.45, 2.75) is 25.8 Å². The SMILES string of the molecule is CC(NC(=O)CCc1ccccc1)c1cc(F)ccc1N1CCN(C)CC1. The molecule has 1 N–H and O–H groups in total. The summed E-state index contributed by atoms with van der Waals surface area (Å²) in [5, 5.41) is 3.04. The first-order valence-electron chi connectivity index (χ1n) is 9.59. The van der Waals surface area contributed by atoms with Crippen LogP contribution in [-0.2, 0) is 11.2 Å². The Morgan fingerprint density at radius 3 is 2.52 bits per heavy atom. The fourth-order valence-corrected chi connectivity index (χ4v) is 3.50. The maximum absolute atomic E-state index is 13.9. The van der Waals surface area contributed by atoms with Crippen LogP contribution in [0.3, 0.4) is 0 Å². The second-order valence-corrected chi connectivity index (χ2v) is 7.27. The Kier molecular flexibility index (Phi) is 6.45. The number of piperazine rings is 1. The van der Waals surface area contributed by atoms with E-state index in [1.165, 1.54) is 6.07 Å². The third-order valence-corrected chi connectivity index (χ3v) is 5.16.